The highest BCUT2D eigenvalue weighted by Gasteiger charge is 2.28. The number of pyridine rings is 2. The zero-order valence-electron chi connectivity index (χ0n) is 22.6. The summed E-state index contributed by atoms with van der Waals surface area (Å²) in [5.41, 5.74) is 5.01. The number of hydrogen-bond acceptors (Lipinski definition) is 8. The molecule has 0 spiro atoms. The van der Waals surface area contributed by atoms with Crippen molar-refractivity contribution in [3.63, 3.8) is 0 Å². The number of amides is 1. The van der Waals surface area contributed by atoms with E-state index in [0.29, 0.717) is 25.1 Å². The lowest BCUT2D eigenvalue weighted by atomic mass is 10.1. The van der Waals surface area contributed by atoms with E-state index in [-0.39, 0.29) is 35.0 Å². The molecule has 1 atom stereocenters. The molecule has 1 amide bonds. The van der Waals surface area contributed by atoms with E-state index < -0.39 is 37.8 Å². The monoisotopic (exact) mass is 559 g/mol. The van der Waals surface area contributed by atoms with Crippen LogP contribution in [0.1, 0.15) is 51.4 Å². The van der Waals surface area contributed by atoms with Crippen LogP contribution >= 0.6 is 0 Å². The molecule has 39 heavy (non-hydrogen) atoms. The number of nitrogens with zero attached hydrogens (tertiary/aromatic N) is 2. The number of nitrogens with two attached hydrogens (primary N) is 1. The molecule has 3 rings (SSSR count). The summed E-state index contributed by atoms with van der Waals surface area (Å²) >= 11 is 0. The molecule has 0 unspecified atom stereocenters. The molecule has 0 bridgehead atoms. The lowest BCUT2D eigenvalue weighted by Crippen LogP contribution is -2.40. The van der Waals surface area contributed by atoms with E-state index in [9.17, 15) is 22.4 Å². The minimum absolute atomic E-state index is 0.0472. The molecule has 10 nitrogen and oxygen atoms in total. The van der Waals surface area contributed by atoms with Gasteiger partial charge in [-0.15, -0.1) is 0 Å². The molecular weight excluding hydrogens is 525 g/mol. The number of benzene rings is 1. The average Bonchev–Trinajstić information content (AvgIpc) is 2.86. The van der Waals surface area contributed by atoms with Crippen LogP contribution < -0.4 is 25.5 Å². The Hall–Kier alpha value is -3.93. The fourth-order valence-corrected chi connectivity index (χ4v) is 4.85. The van der Waals surface area contributed by atoms with Gasteiger partial charge in [-0.05, 0) is 50.5 Å². The van der Waals surface area contributed by atoms with E-state index in [0.717, 1.165) is 6.07 Å². The quantitative estimate of drug-likeness (QED) is 0.320. The number of anilines is 2. The van der Waals surface area contributed by atoms with Gasteiger partial charge in [0.1, 0.15) is 28.8 Å². The van der Waals surface area contributed by atoms with Crippen LogP contribution in [0.4, 0.5) is 16.0 Å². The van der Waals surface area contributed by atoms with E-state index in [4.69, 9.17) is 10.5 Å². The Morgan fingerprint density at radius 1 is 1.18 bits per heavy atom. The highest BCUT2D eigenvalue weighted by molar-refractivity contribution is 7.90. The van der Waals surface area contributed by atoms with E-state index in [1.54, 1.807) is 11.0 Å². The maximum absolute atomic E-state index is 14.5. The van der Waals surface area contributed by atoms with Gasteiger partial charge in [0, 0.05) is 30.3 Å². The van der Waals surface area contributed by atoms with Gasteiger partial charge in [-0.1, -0.05) is 26.8 Å². The first-order valence-corrected chi connectivity index (χ1v) is 14.1. The largest absolute Gasteiger partial charge is 0.493 e. The fraction of sp³-hybridized carbons (Fsp3) is 0.370. The van der Waals surface area contributed by atoms with Gasteiger partial charge in [0.15, 0.2) is 10.5 Å². The highest BCUT2D eigenvalue weighted by atomic mass is 32.2. The van der Waals surface area contributed by atoms with Gasteiger partial charge in [0.05, 0.1) is 12.3 Å². The lowest BCUT2D eigenvalue weighted by molar-refractivity contribution is 0.0980. The molecule has 210 valence electrons. The topological polar surface area (TPSA) is 147 Å². The first-order chi connectivity index (χ1) is 18.4. The maximum Gasteiger partial charge on any atom is 0.281 e. The van der Waals surface area contributed by atoms with Crippen molar-refractivity contribution in [2.75, 3.05) is 23.8 Å². The Balaban J connectivity index is 2.14. The van der Waals surface area contributed by atoms with Gasteiger partial charge >= 0.3 is 0 Å². The molecule has 0 radical (unpaired) electrons. The summed E-state index contributed by atoms with van der Waals surface area (Å²) in [4.78, 5) is 35.3. The number of rotatable bonds is 11. The number of aromatic nitrogens is 2. The van der Waals surface area contributed by atoms with Crippen LogP contribution in [-0.2, 0) is 10.0 Å². The van der Waals surface area contributed by atoms with E-state index in [1.807, 2.05) is 39.3 Å². The van der Waals surface area contributed by atoms with E-state index >= 15 is 0 Å². The molecule has 0 saturated heterocycles. The highest BCUT2D eigenvalue weighted by Crippen LogP contribution is 2.28. The summed E-state index contributed by atoms with van der Waals surface area (Å²) in [6, 6.07) is 9.06. The smallest absolute Gasteiger partial charge is 0.281 e. The molecule has 0 aliphatic rings. The standard InChI is InChI=1S/C27H34FN5O5S/c1-6-17(5)33(7-2)26-25(27(35)32-39(36,37)24-10-8-9-23(29)31-24)22(34)14-21(30-26)18-11-19(28)13-20(12-18)38-15-16(3)4/h8-14,16-17H,6-7,15H2,1-5H3,(H2,29,31)(H,30,34)(H,32,35)/t17-/m0/s1. The lowest BCUT2D eigenvalue weighted by Gasteiger charge is -2.31. The molecule has 0 aliphatic heterocycles. The summed E-state index contributed by atoms with van der Waals surface area (Å²) in [7, 11) is -4.44. The van der Waals surface area contributed by atoms with Crippen LogP contribution in [-0.4, -0.2) is 43.5 Å². The zero-order valence-corrected chi connectivity index (χ0v) is 23.4. The molecule has 0 saturated carbocycles. The average molecular weight is 560 g/mol. The Kier molecular flexibility index (Phi) is 9.33. The second-order valence-electron chi connectivity index (χ2n) is 9.53. The summed E-state index contributed by atoms with van der Waals surface area (Å²) in [5.74, 6) is -1.13. The number of hydrogen-bond donors (Lipinski definition) is 3. The third kappa shape index (κ3) is 7.14. The third-order valence-electron chi connectivity index (χ3n) is 6.00. The van der Waals surface area contributed by atoms with Crippen LogP contribution in [0.25, 0.3) is 11.3 Å². The van der Waals surface area contributed by atoms with Crippen LogP contribution in [0.3, 0.4) is 0 Å². The summed E-state index contributed by atoms with van der Waals surface area (Å²) in [6.07, 6.45) is 0.666. The first kappa shape index (κ1) is 29.6. The van der Waals surface area contributed by atoms with Crippen molar-refractivity contribution in [2.45, 2.75) is 52.1 Å². The number of halogens is 1. The van der Waals surface area contributed by atoms with Crippen molar-refractivity contribution in [1.29, 1.82) is 0 Å². The van der Waals surface area contributed by atoms with Crippen molar-refractivity contribution in [2.24, 2.45) is 5.92 Å². The molecule has 0 aliphatic carbocycles. The predicted octanol–water partition coefficient (Wildman–Crippen LogP) is 3.94. The Bertz CT molecular complexity index is 1510. The molecule has 1 aromatic carbocycles. The third-order valence-corrected chi connectivity index (χ3v) is 7.23. The number of ether oxygens (including phenoxy) is 1. The zero-order chi connectivity index (χ0) is 28.9. The molecule has 4 N–H and O–H groups in total. The second kappa shape index (κ2) is 12.3. The number of nitrogens with one attached hydrogen (secondary N) is 2. The van der Waals surface area contributed by atoms with Gasteiger partial charge < -0.3 is 20.4 Å². The van der Waals surface area contributed by atoms with Gasteiger partial charge in [0.25, 0.3) is 15.9 Å². The van der Waals surface area contributed by atoms with Crippen LogP contribution in [0.2, 0.25) is 0 Å². The number of H-pyrrole nitrogens is 1. The minimum atomic E-state index is -4.44. The summed E-state index contributed by atoms with van der Waals surface area (Å²) in [5, 5.41) is -0.464. The SMILES string of the molecule is CC[C@H](C)N(CC)c1[nH]c(-c2cc(F)cc(OCC(C)C)c2)cc(=O)c1C(=O)NS(=O)(=O)c1cccc(N)n1. The predicted molar refractivity (Wildman–Crippen MR) is 149 cm³/mol. The number of aromatic amines is 1. The van der Waals surface area contributed by atoms with Gasteiger partial charge in [-0.3, -0.25) is 9.59 Å². The Labute approximate surface area is 227 Å². The van der Waals surface area contributed by atoms with Crippen molar-refractivity contribution < 1.29 is 22.3 Å². The number of sulfonamides is 1. The Morgan fingerprint density at radius 2 is 1.90 bits per heavy atom. The molecule has 12 heteroatoms. The molecule has 2 heterocycles. The van der Waals surface area contributed by atoms with Crippen LogP contribution in [0.15, 0.2) is 52.3 Å². The van der Waals surface area contributed by atoms with Gasteiger partial charge in [0.2, 0.25) is 0 Å². The van der Waals surface area contributed by atoms with Gasteiger partial charge in [-0.2, -0.15) is 8.42 Å². The summed E-state index contributed by atoms with van der Waals surface area (Å²) < 4.78 is 47.8. The van der Waals surface area contributed by atoms with Crippen LogP contribution in [0.5, 0.6) is 5.75 Å². The van der Waals surface area contributed by atoms with Crippen molar-refractivity contribution in [1.82, 2.24) is 14.7 Å². The maximum atomic E-state index is 14.5. The van der Waals surface area contributed by atoms with Crippen LogP contribution in [0, 0.1) is 11.7 Å². The van der Waals surface area contributed by atoms with Crippen molar-refractivity contribution >= 4 is 27.6 Å². The first-order valence-electron chi connectivity index (χ1n) is 12.6. The minimum Gasteiger partial charge on any atom is -0.493 e. The molecule has 3 aromatic rings. The van der Waals surface area contributed by atoms with Crippen molar-refractivity contribution in [3.8, 4) is 17.0 Å². The van der Waals surface area contributed by atoms with Gasteiger partial charge in [-0.25, -0.2) is 14.1 Å². The van der Waals surface area contributed by atoms with Crippen molar-refractivity contribution in [3.05, 3.63) is 64.1 Å². The second-order valence-corrected chi connectivity index (χ2v) is 11.2. The summed E-state index contributed by atoms with van der Waals surface area (Å²) in [6.45, 7) is 10.4. The normalized spacial score (nSPS) is 12.3. The Morgan fingerprint density at radius 3 is 2.51 bits per heavy atom. The fourth-order valence-electron chi connectivity index (χ4n) is 3.92. The molecule has 2 aromatic heterocycles. The number of carbonyl (C=O) groups excluding carboxylic acids is 1. The van der Waals surface area contributed by atoms with E-state index in [1.165, 1.54) is 30.3 Å². The van der Waals surface area contributed by atoms with E-state index in [2.05, 4.69) is 9.97 Å². The number of carbonyl (C=O) groups is 1. The molecule has 0 fully saturated rings. The molecular formula is C27H34FN5O5S. The number of nitrogen functional groups attached to an aromatic ring is 1.